The van der Waals surface area contributed by atoms with E-state index < -0.39 is 0 Å². The standard InChI is InChI=1S/C13H18N2O2/c1-9-4-12(17-8-9)13(16)15-6-10-2-3-11(7-15)14-5-10/h4,8,10-11,14H,2-3,5-7H2,1H3. The zero-order valence-electron chi connectivity index (χ0n) is 10.1. The van der Waals surface area contributed by atoms with E-state index in [1.54, 1.807) is 6.26 Å². The summed E-state index contributed by atoms with van der Waals surface area (Å²) >= 11 is 0. The number of piperidine rings is 1. The Morgan fingerprint density at radius 2 is 2.35 bits per heavy atom. The molecule has 0 saturated carbocycles. The van der Waals surface area contributed by atoms with Gasteiger partial charge >= 0.3 is 0 Å². The van der Waals surface area contributed by atoms with Crippen LogP contribution in [0.4, 0.5) is 0 Å². The predicted octanol–water partition coefficient (Wildman–Crippen LogP) is 1.41. The van der Waals surface area contributed by atoms with Gasteiger partial charge in [0.15, 0.2) is 5.76 Å². The summed E-state index contributed by atoms with van der Waals surface area (Å²) in [4.78, 5) is 14.2. The molecule has 3 fully saturated rings. The summed E-state index contributed by atoms with van der Waals surface area (Å²) in [7, 11) is 0. The Morgan fingerprint density at radius 1 is 1.47 bits per heavy atom. The van der Waals surface area contributed by atoms with Gasteiger partial charge in [-0.3, -0.25) is 4.79 Å². The molecule has 2 bridgehead atoms. The molecule has 1 amide bonds. The number of nitrogens with zero attached hydrogens (tertiary/aromatic N) is 1. The van der Waals surface area contributed by atoms with Gasteiger partial charge < -0.3 is 14.6 Å². The average Bonchev–Trinajstić information content (AvgIpc) is 2.58. The quantitative estimate of drug-likeness (QED) is 0.799. The highest BCUT2D eigenvalue weighted by atomic mass is 16.3. The summed E-state index contributed by atoms with van der Waals surface area (Å²) in [6, 6.07) is 2.29. The summed E-state index contributed by atoms with van der Waals surface area (Å²) in [5.41, 5.74) is 1.00. The number of carbonyl (C=O) groups is 1. The van der Waals surface area contributed by atoms with Crippen molar-refractivity contribution in [1.29, 1.82) is 0 Å². The molecular weight excluding hydrogens is 216 g/mol. The highest BCUT2D eigenvalue weighted by Gasteiger charge is 2.32. The molecule has 2 unspecified atom stereocenters. The van der Waals surface area contributed by atoms with Crippen LogP contribution in [-0.4, -0.2) is 36.5 Å². The monoisotopic (exact) mass is 234 g/mol. The first-order valence-electron chi connectivity index (χ1n) is 6.30. The van der Waals surface area contributed by atoms with Gasteiger partial charge in [-0.15, -0.1) is 0 Å². The third-order valence-electron chi connectivity index (χ3n) is 3.77. The van der Waals surface area contributed by atoms with E-state index in [1.165, 1.54) is 12.8 Å². The molecule has 2 atom stereocenters. The summed E-state index contributed by atoms with van der Waals surface area (Å²) < 4.78 is 5.30. The molecule has 0 radical (unpaired) electrons. The van der Waals surface area contributed by atoms with Gasteiger partial charge in [-0.1, -0.05) is 0 Å². The topological polar surface area (TPSA) is 45.5 Å². The van der Waals surface area contributed by atoms with E-state index in [0.717, 1.165) is 25.2 Å². The largest absolute Gasteiger partial charge is 0.459 e. The molecule has 1 N–H and O–H groups in total. The smallest absolute Gasteiger partial charge is 0.289 e. The second-order valence-corrected chi connectivity index (χ2v) is 5.25. The second-order valence-electron chi connectivity index (χ2n) is 5.25. The van der Waals surface area contributed by atoms with Crippen LogP contribution in [-0.2, 0) is 0 Å². The van der Waals surface area contributed by atoms with Gasteiger partial charge in [-0.25, -0.2) is 0 Å². The van der Waals surface area contributed by atoms with E-state index in [2.05, 4.69) is 5.32 Å². The lowest BCUT2D eigenvalue weighted by molar-refractivity contribution is 0.0716. The van der Waals surface area contributed by atoms with E-state index in [4.69, 9.17) is 4.42 Å². The number of furan rings is 1. The molecule has 3 saturated heterocycles. The normalized spacial score (nSPS) is 28.2. The lowest BCUT2D eigenvalue weighted by Gasteiger charge is -2.22. The number of hydrogen-bond acceptors (Lipinski definition) is 3. The third kappa shape index (κ3) is 2.09. The first-order valence-corrected chi connectivity index (χ1v) is 6.30. The van der Waals surface area contributed by atoms with Crippen molar-refractivity contribution in [2.45, 2.75) is 25.8 Å². The minimum Gasteiger partial charge on any atom is -0.459 e. The third-order valence-corrected chi connectivity index (χ3v) is 3.77. The van der Waals surface area contributed by atoms with Crippen LogP contribution in [0.1, 0.15) is 29.0 Å². The van der Waals surface area contributed by atoms with Crippen molar-refractivity contribution < 1.29 is 9.21 Å². The van der Waals surface area contributed by atoms with Gasteiger partial charge in [0.2, 0.25) is 0 Å². The Labute approximate surface area is 101 Å². The fraction of sp³-hybridized carbons (Fsp3) is 0.615. The zero-order valence-corrected chi connectivity index (χ0v) is 10.1. The van der Waals surface area contributed by atoms with E-state index in [1.807, 2.05) is 17.9 Å². The molecule has 1 aromatic rings. The van der Waals surface area contributed by atoms with E-state index in [9.17, 15) is 4.79 Å². The molecule has 3 aliphatic heterocycles. The molecule has 4 rings (SSSR count). The van der Waals surface area contributed by atoms with Crippen LogP contribution in [0.3, 0.4) is 0 Å². The lowest BCUT2D eigenvalue weighted by Crippen LogP contribution is -2.40. The fourth-order valence-electron chi connectivity index (χ4n) is 2.80. The van der Waals surface area contributed by atoms with Crippen LogP contribution in [0.2, 0.25) is 0 Å². The van der Waals surface area contributed by atoms with Crippen molar-refractivity contribution in [2.24, 2.45) is 5.92 Å². The van der Waals surface area contributed by atoms with Gasteiger partial charge in [0.25, 0.3) is 5.91 Å². The molecule has 0 spiro atoms. The van der Waals surface area contributed by atoms with Gasteiger partial charge in [0, 0.05) is 19.1 Å². The number of amides is 1. The van der Waals surface area contributed by atoms with E-state index in [-0.39, 0.29) is 5.91 Å². The van der Waals surface area contributed by atoms with Crippen molar-refractivity contribution in [3.05, 3.63) is 23.7 Å². The van der Waals surface area contributed by atoms with Crippen LogP contribution >= 0.6 is 0 Å². The highest BCUT2D eigenvalue weighted by Crippen LogP contribution is 2.23. The van der Waals surface area contributed by atoms with Gasteiger partial charge in [0.1, 0.15) is 0 Å². The lowest BCUT2D eigenvalue weighted by atomic mass is 9.97. The minimum absolute atomic E-state index is 0.0405. The van der Waals surface area contributed by atoms with Gasteiger partial charge in [-0.2, -0.15) is 0 Å². The Balaban J connectivity index is 1.78. The molecule has 4 heteroatoms. The van der Waals surface area contributed by atoms with E-state index in [0.29, 0.717) is 17.7 Å². The van der Waals surface area contributed by atoms with E-state index >= 15 is 0 Å². The van der Waals surface area contributed by atoms with Crippen LogP contribution < -0.4 is 5.32 Å². The minimum atomic E-state index is 0.0405. The fourth-order valence-corrected chi connectivity index (χ4v) is 2.80. The maximum Gasteiger partial charge on any atom is 0.289 e. The SMILES string of the molecule is Cc1coc(C(=O)N2CC3CCC(C2)NC3)c1. The summed E-state index contributed by atoms with van der Waals surface area (Å²) in [5, 5.41) is 3.50. The summed E-state index contributed by atoms with van der Waals surface area (Å²) in [6.45, 7) is 4.66. The highest BCUT2D eigenvalue weighted by molar-refractivity contribution is 5.91. The summed E-state index contributed by atoms with van der Waals surface area (Å²) in [6.07, 6.45) is 4.06. The van der Waals surface area contributed by atoms with Crippen LogP contribution in [0.25, 0.3) is 0 Å². The average molecular weight is 234 g/mol. The first kappa shape index (κ1) is 10.8. The molecule has 3 aliphatic rings. The Morgan fingerprint density at radius 3 is 3.00 bits per heavy atom. The number of carbonyl (C=O) groups excluding carboxylic acids is 1. The molecule has 92 valence electrons. The maximum atomic E-state index is 12.3. The molecule has 17 heavy (non-hydrogen) atoms. The van der Waals surface area contributed by atoms with Crippen LogP contribution in [0, 0.1) is 12.8 Å². The van der Waals surface area contributed by atoms with Gasteiger partial charge in [-0.05, 0) is 43.9 Å². The molecule has 0 aliphatic carbocycles. The van der Waals surface area contributed by atoms with Crippen molar-refractivity contribution in [2.75, 3.05) is 19.6 Å². The molecule has 4 nitrogen and oxygen atoms in total. The maximum absolute atomic E-state index is 12.3. The van der Waals surface area contributed by atoms with Crippen LogP contribution in [0.5, 0.6) is 0 Å². The Bertz CT molecular complexity index is 405. The Hall–Kier alpha value is -1.29. The Kier molecular flexibility index (Phi) is 2.67. The molecule has 1 aromatic heterocycles. The molecular formula is C13H18N2O2. The zero-order chi connectivity index (χ0) is 11.8. The van der Waals surface area contributed by atoms with Crippen molar-refractivity contribution in [3.63, 3.8) is 0 Å². The second kappa shape index (κ2) is 4.18. The number of hydrogen-bond donors (Lipinski definition) is 1. The number of aryl methyl sites for hydroxylation is 1. The molecule has 4 heterocycles. The van der Waals surface area contributed by atoms with Crippen molar-refractivity contribution in [3.8, 4) is 0 Å². The van der Waals surface area contributed by atoms with Crippen molar-refractivity contribution >= 4 is 5.91 Å². The van der Waals surface area contributed by atoms with Gasteiger partial charge in [0.05, 0.1) is 6.26 Å². The number of rotatable bonds is 1. The summed E-state index contributed by atoms with van der Waals surface area (Å²) in [5.74, 6) is 1.12. The predicted molar refractivity (Wildman–Crippen MR) is 63.9 cm³/mol. The first-order chi connectivity index (χ1) is 8.22. The molecule has 0 aromatic carbocycles. The van der Waals surface area contributed by atoms with Crippen LogP contribution in [0.15, 0.2) is 16.7 Å². The number of nitrogens with one attached hydrogen (secondary N) is 1. The van der Waals surface area contributed by atoms with Crippen molar-refractivity contribution in [1.82, 2.24) is 10.2 Å². The number of fused-ring (bicyclic) bond motifs is 4.